The van der Waals surface area contributed by atoms with Crippen LogP contribution in [-0.2, 0) is 13.1 Å². The van der Waals surface area contributed by atoms with Crippen LogP contribution in [-0.4, -0.2) is 36.2 Å². The van der Waals surface area contributed by atoms with Gasteiger partial charge in [-0.3, -0.25) is 4.90 Å². The van der Waals surface area contributed by atoms with E-state index in [1.807, 2.05) is 49.5 Å². The lowest BCUT2D eigenvalue weighted by Gasteiger charge is -2.17. The van der Waals surface area contributed by atoms with Crippen molar-refractivity contribution in [2.45, 2.75) is 13.1 Å². The third-order valence-electron chi connectivity index (χ3n) is 3.31. The van der Waals surface area contributed by atoms with E-state index in [-0.39, 0.29) is 0 Å². The van der Waals surface area contributed by atoms with Crippen molar-refractivity contribution in [2.75, 3.05) is 14.2 Å². The van der Waals surface area contributed by atoms with E-state index in [4.69, 9.17) is 4.74 Å². The Kier molecular flexibility index (Phi) is 5.39. The maximum atomic E-state index is 9.20. The summed E-state index contributed by atoms with van der Waals surface area (Å²) in [7, 11) is 2.27. The molecule has 0 aromatic heterocycles. The molecular formula is C16H20BNO3. The Morgan fingerprint density at radius 3 is 2.29 bits per heavy atom. The van der Waals surface area contributed by atoms with Crippen molar-refractivity contribution in [1.29, 1.82) is 0 Å². The second kappa shape index (κ2) is 7.27. The molecule has 0 saturated carbocycles. The van der Waals surface area contributed by atoms with Gasteiger partial charge in [-0.1, -0.05) is 36.4 Å². The molecule has 0 heterocycles. The molecule has 0 radical (unpaired) electrons. The van der Waals surface area contributed by atoms with Gasteiger partial charge in [-0.15, -0.1) is 0 Å². The normalized spacial score (nSPS) is 10.7. The molecule has 0 atom stereocenters. The molecular weight excluding hydrogens is 265 g/mol. The topological polar surface area (TPSA) is 52.9 Å². The van der Waals surface area contributed by atoms with Crippen LogP contribution in [0.5, 0.6) is 5.75 Å². The first kappa shape index (κ1) is 15.6. The zero-order valence-corrected chi connectivity index (χ0v) is 12.4. The highest BCUT2D eigenvalue weighted by atomic mass is 16.5. The minimum atomic E-state index is -1.42. The van der Waals surface area contributed by atoms with E-state index in [0.717, 1.165) is 24.4 Å². The maximum absolute atomic E-state index is 9.20. The van der Waals surface area contributed by atoms with Gasteiger partial charge in [-0.2, -0.15) is 0 Å². The fourth-order valence-electron chi connectivity index (χ4n) is 2.26. The minimum absolute atomic E-state index is 0.519. The summed E-state index contributed by atoms with van der Waals surface area (Å²) in [6.45, 7) is 1.56. The van der Waals surface area contributed by atoms with Crippen molar-refractivity contribution in [2.24, 2.45) is 0 Å². The summed E-state index contributed by atoms with van der Waals surface area (Å²) < 4.78 is 5.14. The van der Waals surface area contributed by atoms with Crippen molar-refractivity contribution in [3.8, 4) is 5.75 Å². The average Bonchev–Trinajstić information content (AvgIpc) is 2.48. The molecule has 0 spiro atoms. The Morgan fingerprint density at radius 1 is 1.00 bits per heavy atom. The quantitative estimate of drug-likeness (QED) is 0.778. The summed E-state index contributed by atoms with van der Waals surface area (Å²) in [5, 5.41) is 18.4. The van der Waals surface area contributed by atoms with Crippen molar-refractivity contribution in [3.05, 3.63) is 59.7 Å². The molecule has 0 amide bonds. The number of hydrogen-bond acceptors (Lipinski definition) is 4. The van der Waals surface area contributed by atoms with Gasteiger partial charge in [0.25, 0.3) is 0 Å². The molecule has 0 aliphatic rings. The molecule has 0 saturated heterocycles. The molecule has 110 valence electrons. The Hall–Kier alpha value is -1.82. The van der Waals surface area contributed by atoms with Crippen LogP contribution < -0.4 is 10.2 Å². The summed E-state index contributed by atoms with van der Waals surface area (Å²) in [5.41, 5.74) is 2.78. The van der Waals surface area contributed by atoms with E-state index in [2.05, 4.69) is 4.90 Å². The zero-order chi connectivity index (χ0) is 15.2. The summed E-state index contributed by atoms with van der Waals surface area (Å²) in [4.78, 5) is 2.17. The standard InChI is InChI=1S/C16H20BNO3/c1-18(11-13-6-8-16(21-2)9-7-13)12-14-4-3-5-15(10-14)17(19)20/h3-10,19-20H,11-12H2,1-2H3. The van der Waals surface area contributed by atoms with Crippen LogP contribution in [0.25, 0.3) is 0 Å². The summed E-state index contributed by atoms with van der Waals surface area (Å²) >= 11 is 0. The number of methoxy groups -OCH3 is 1. The smallest absolute Gasteiger partial charge is 0.488 e. The van der Waals surface area contributed by atoms with E-state index < -0.39 is 7.12 Å². The highest BCUT2D eigenvalue weighted by Gasteiger charge is 2.11. The predicted octanol–water partition coefficient (Wildman–Crippen LogP) is 1.01. The van der Waals surface area contributed by atoms with Gasteiger partial charge in [0.1, 0.15) is 5.75 Å². The summed E-state index contributed by atoms with van der Waals surface area (Å²) in [6.07, 6.45) is 0. The van der Waals surface area contributed by atoms with Gasteiger partial charge < -0.3 is 14.8 Å². The van der Waals surface area contributed by atoms with E-state index in [1.54, 1.807) is 13.2 Å². The van der Waals surface area contributed by atoms with Gasteiger partial charge >= 0.3 is 7.12 Å². The fourth-order valence-corrected chi connectivity index (χ4v) is 2.26. The molecule has 5 heteroatoms. The SMILES string of the molecule is COc1ccc(CN(C)Cc2cccc(B(O)O)c2)cc1. The molecule has 0 unspecified atom stereocenters. The summed E-state index contributed by atoms with van der Waals surface area (Å²) in [5.74, 6) is 0.853. The lowest BCUT2D eigenvalue weighted by molar-refractivity contribution is 0.319. The summed E-state index contributed by atoms with van der Waals surface area (Å²) in [6, 6.07) is 15.3. The molecule has 4 nitrogen and oxygen atoms in total. The predicted molar refractivity (Wildman–Crippen MR) is 84.4 cm³/mol. The highest BCUT2D eigenvalue weighted by molar-refractivity contribution is 6.58. The van der Waals surface area contributed by atoms with Crippen LogP contribution in [0.1, 0.15) is 11.1 Å². The van der Waals surface area contributed by atoms with Gasteiger partial charge in [0.15, 0.2) is 0 Å². The number of ether oxygens (including phenoxy) is 1. The monoisotopic (exact) mass is 285 g/mol. The molecule has 0 aliphatic carbocycles. The van der Waals surface area contributed by atoms with Crippen molar-refractivity contribution < 1.29 is 14.8 Å². The molecule has 21 heavy (non-hydrogen) atoms. The van der Waals surface area contributed by atoms with Crippen molar-refractivity contribution >= 4 is 12.6 Å². The van der Waals surface area contributed by atoms with Gasteiger partial charge in [0.05, 0.1) is 7.11 Å². The number of hydrogen-bond donors (Lipinski definition) is 2. The fraction of sp³-hybridized carbons (Fsp3) is 0.250. The number of rotatable bonds is 6. The van der Waals surface area contributed by atoms with Gasteiger partial charge in [-0.05, 0) is 35.8 Å². The average molecular weight is 285 g/mol. The van der Waals surface area contributed by atoms with Gasteiger partial charge in [0.2, 0.25) is 0 Å². The Morgan fingerprint density at radius 2 is 1.67 bits per heavy atom. The van der Waals surface area contributed by atoms with Crippen LogP contribution >= 0.6 is 0 Å². The number of benzene rings is 2. The second-order valence-corrected chi connectivity index (χ2v) is 5.14. The van der Waals surface area contributed by atoms with E-state index in [9.17, 15) is 10.0 Å². The minimum Gasteiger partial charge on any atom is -0.497 e. The Bertz CT molecular complexity index is 572. The maximum Gasteiger partial charge on any atom is 0.488 e. The van der Waals surface area contributed by atoms with Crippen LogP contribution in [0.4, 0.5) is 0 Å². The largest absolute Gasteiger partial charge is 0.497 e. The zero-order valence-electron chi connectivity index (χ0n) is 12.4. The molecule has 0 fully saturated rings. The third-order valence-corrected chi connectivity index (χ3v) is 3.31. The van der Waals surface area contributed by atoms with Crippen LogP contribution in [0.3, 0.4) is 0 Å². The first-order chi connectivity index (χ1) is 10.1. The van der Waals surface area contributed by atoms with E-state index in [0.29, 0.717) is 5.46 Å². The Labute approximate surface area is 125 Å². The molecule has 2 N–H and O–H groups in total. The lowest BCUT2D eigenvalue weighted by atomic mass is 9.79. The van der Waals surface area contributed by atoms with Crippen molar-refractivity contribution in [3.63, 3.8) is 0 Å². The second-order valence-electron chi connectivity index (χ2n) is 5.14. The first-order valence-corrected chi connectivity index (χ1v) is 6.85. The van der Waals surface area contributed by atoms with Crippen LogP contribution in [0.15, 0.2) is 48.5 Å². The first-order valence-electron chi connectivity index (χ1n) is 6.85. The highest BCUT2D eigenvalue weighted by Crippen LogP contribution is 2.13. The van der Waals surface area contributed by atoms with Crippen LogP contribution in [0, 0.1) is 0 Å². The molecule has 2 aromatic rings. The van der Waals surface area contributed by atoms with Gasteiger partial charge in [0, 0.05) is 13.1 Å². The lowest BCUT2D eigenvalue weighted by Crippen LogP contribution is -2.30. The van der Waals surface area contributed by atoms with E-state index in [1.165, 1.54) is 5.56 Å². The van der Waals surface area contributed by atoms with Crippen molar-refractivity contribution in [1.82, 2.24) is 4.90 Å². The van der Waals surface area contributed by atoms with E-state index >= 15 is 0 Å². The van der Waals surface area contributed by atoms with Gasteiger partial charge in [-0.25, -0.2) is 0 Å². The molecule has 2 aromatic carbocycles. The Balaban J connectivity index is 1.97. The molecule has 0 aliphatic heterocycles. The third kappa shape index (κ3) is 4.60. The number of nitrogens with zero attached hydrogens (tertiary/aromatic N) is 1. The van der Waals surface area contributed by atoms with Crippen LogP contribution in [0.2, 0.25) is 0 Å². The molecule has 2 rings (SSSR count). The molecule has 0 bridgehead atoms.